The van der Waals surface area contributed by atoms with E-state index in [1.807, 2.05) is 7.05 Å². The molecule has 2 aliphatic rings. The number of rotatable bonds is 2. The smallest absolute Gasteiger partial charge is 0.396 e. The van der Waals surface area contributed by atoms with Crippen LogP contribution in [0.15, 0.2) is 18.3 Å². The summed E-state index contributed by atoms with van der Waals surface area (Å²) in [5.74, 6) is 0.00510. The Bertz CT molecular complexity index is 566. The highest BCUT2D eigenvalue weighted by Gasteiger charge is 2.47. The van der Waals surface area contributed by atoms with Gasteiger partial charge in [0.1, 0.15) is 5.82 Å². The molecule has 2 fully saturated rings. The number of alkyl halides is 3. The van der Waals surface area contributed by atoms with Crippen molar-refractivity contribution in [2.75, 3.05) is 38.2 Å². The summed E-state index contributed by atoms with van der Waals surface area (Å²) in [4.78, 5) is 7.90. The first kappa shape index (κ1) is 16.5. The number of nitrogens with zero attached hydrogens (tertiary/aromatic N) is 3. The van der Waals surface area contributed by atoms with Crippen molar-refractivity contribution in [3.05, 3.63) is 23.9 Å². The predicted octanol–water partition coefficient (Wildman–Crippen LogP) is 2.38. The van der Waals surface area contributed by atoms with Crippen molar-refractivity contribution in [3.8, 4) is 0 Å². The van der Waals surface area contributed by atoms with Gasteiger partial charge < -0.3 is 14.9 Å². The lowest BCUT2D eigenvalue weighted by Crippen LogP contribution is -2.61. The molecule has 0 aromatic carbocycles. The maximum atomic E-state index is 13.2. The first-order chi connectivity index (χ1) is 10.9. The molecule has 4 nitrogen and oxygen atoms in total. The molecule has 0 bridgehead atoms. The largest absolute Gasteiger partial charge is 0.419 e. The number of hydrogen-bond acceptors (Lipinski definition) is 4. The van der Waals surface area contributed by atoms with Gasteiger partial charge in [-0.2, -0.15) is 13.2 Å². The second kappa shape index (κ2) is 5.94. The first-order valence-electron chi connectivity index (χ1n) is 7.96. The summed E-state index contributed by atoms with van der Waals surface area (Å²) >= 11 is 0. The van der Waals surface area contributed by atoms with Crippen molar-refractivity contribution in [1.29, 1.82) is 0 Å². The van der Waals surface area contributed by atoms with E-state index in [2.05, 4.69) is 9.88 Å². The van der Waals surface area contributed by atoms with Crippen LogP contribution in [0.25, 0.3) is 0 Å². The Morgan fingerprint density at radius 1 is 1.35 bits per heavy atom. The van der Waals surface area contributed by atoms with Gasteiger partial charge in [0.05, 0.1) is 12.2 Å². The van der Waals surface area contributed by atoms with Crippen molar-refractivity contribution in [3.63, 3.8) is 0 Å². The topological polar surface area (TPSA) is 39.6 Å². The molecule has 2 aliphatic heterocycles. The summed E-state index contributed by atoms with van der Waals surface area (Å²) in [5.41, 5.74) is -0.883. The quantitative estimate of drug-likeness (QED) is 0.904. The number of aliphatic hydroxyl groups excluding tert-OH is 1. The molecule has 0 spiro atoms. The fourth-order valence-electron chi connectivity index (χ4n) is 4.08. The predicted molar refractivity (Wildman–Crippen MR) is 81.2 cm³/mol. The van der Waals surface area contributed by atoms with Crippen LogP contribution in [0.2, 0.25) is 0 Å². The highest BCUT2D eigenvalue weighted by molar-refractivity contribution is 5.49. The van der Waals surface area contributed by atoms with Gasteiger partial charge in [-0.15, -0.1) is 0 Å². The number of anilines is 1. The Morgan fingerprint density at radius 3 is 2.83 bits per heavy atom. The summed E-state index contributed by atoms with van der Waals surface area (Å²) in [6.07, 6.45) is -0.366. The highest BCUT2D eigenvalue weighted by Crippen LogP contribution is 2.44. The Morgan fingerprint density at radius 2 is 2.13 bits per heavy atom. The van der Waals surface area contributed by atoms with E-state index in [1.165, 1.54) is 12.3 Å². The zero-order valence-corrected chi connectivity index (χ0v) is 13.2. The van der Waals surface area contributed by atoms with Gasteiger partial charge in [-0.3, -0.25) is 0 Å². The third-order valence-corrected chi connectivity index (χ3v) is 5.40. The van der Waals surface area contributed by atoms with Crippen LogP contribution in [0.1, 0.15) is 24.8 Å². The van der Waals surface area contributed by atoms with Crippen LogP contribution in [0.4, 0.5) is 19.0 Å². The zero-order valence-electron chi connectivity index (χ0n) is 13.2. The Balaban J connectivity index is 1.90. The van der Waals surface area contributed by atoms with E-state index >= 15 is 0 Å². The maximum Gasteiger partial charge on any atom is 0.419 e. The minimum Gasteiger partial charge on any atom is -0.396 e. The normalized spacial score (nSPS) is 29.4. The number of likely N-dealkylation sites (N-methyl/N-ethyl adjacent to an activating group) is 1. The van der Waals surface area contributed by atoms with Gasteiger partial charge in [-0.25, -0.2) is 4.98 Å². The SMILES string of the molecule is CN1CCC[C@]2(CO)CCN(c3ncccc3C(F)(F)F)C[C@@H]12. The molecular weight excluding hydrogens is 307 g/mol. The Hall–Kier alpha value is -1.34. The van der Waals surface area contributed by atoms with Crippen molar-refractivity contribution in [2.24, 2.45) is 5.41 Å². The molecule has 3 heterocycles. The fourth-order valence-corrected chi connectivity index (χ4v) is 4.08. The van der Waals surface area contributed by atoms with E-state index in [4.69, 9.17) is 0 Å². The van der Waals surface area contributed by atoms with E-state index in [1.54, 1.807) is 4.90 Å². The van der Waals surface area contributed by atoms with Crippen molar-refractivity contribution >= 4 is 5.82 Å². The fraction of sp³-hybridized carbons (Fsp3) is 0.688. The van der Waals surface area contributed by atoms with Gasteiger partial charge in [0.15, 0.2) is 0 Å². The number of piperidine rings is 2. The number of aromatic nitrogens is 1. The number of fused-ring (bicyclic) bond motifs is 1. The molecule has 2 atom stereocenters. The van der Waals surface area contributed by atoms with Gasteiger partial charge in [0.2, 0.25) is 0 Å². The summed E-state index contributed by atoms with van der Waals surface area (Å²) in [5, 5.41) is 9.89. The van der Waals surface area contributed by atoms with Crippen LogP contribution in [0, 0.1) is 5.41 Å². The van der Waals surface area contributed by atoms with Gasteiger partial charge in [-0.05, 0) is 45.0 Å². The number of likely N-dealkylation sites (tertiary alicyclic amines) is 1. The van der Waals surface area contributed by atoms with E-state index < -0.39 is 11.7 Å². The van der Waals surface area contributed by atoms with Crippen molar-refractivity contribution < 1.29 is 18.3 Å². The molecular formula is C16H22F3N3O. The molecule has 1 N–H and O–H groups in total. The minimum absolute atomic E-state index is 0.00510. The first-order valence-corrected chi connectivity index (χ1v) is 7.96. The summed E-state index contributed by atoms with van der Waals surface area (Å²) in [6.45, 7) is 1.96. The van der Waals surface area contributed by atoms with Crippen LogP contribution < -0.4 is 4.90 Å². The molecule has 0 aliphatic carbocycles. The summed E-state index contributed by atoms with van der Waals surface area (Å²) in [6, 6.07) is 2.46. The molecule has 3 rings (SSSR count). The number of pyridine rings is 1. The standard InChI is InChI=1S/C16H22F3N3O/c1-21-8-3-5-15(11-23)6-9-22(10-13(15)21)14-12(16(17,18)19)4-2-7-20-14/h2,4,7,13,23H,3,5-6,8-11H2,1H3/t13-,15-/m1/s1. The van der Waals surface area contributed by atoms with Crippen LogP contribution >= 0.6 is 0 Å². The second-order valence-corrected chi connectivity index (χ2v) is 6.69. The maximum absolute atomic E-state index is 13.2. The van der Waals surface area contributed by atoms with Gasteiger partial charge in [0, 0.05) is 30.7 Å². The average molecular weight is 329 g/mol. The van der Waals surface area contributed by atoms with E-state index in [0.29, 0.717) is 19.5 Å². The monoisotopic (exact) mass is 329 g/mol. The molecule has 0 radical (unpaired) electrons. The molecule has 7 heteroatoms. The minimum atomic E-state index is -4.41. The van der Waals surface area contributed by atoms with Gasteiger partial charge in [-0.1, -0.05) is 0 Å². The van der Waals surface area contributed by atoms with Crippen LogP contribution in [0.5, 0.6) is 0 Å². The van der Waals surface area contributed by atoms with Crippen molar-refractivity contribution in [2.45, 2.75) is 31.5 Å². The second-order valence-electron chi connectivity index (χ2n) is 6.69. The summed E-state index contributed by atoms with van der Waals surface area (Å²) < 4.78 is 39.7. The van der Waals surface area contributed by atoms with E-state index in [0.717, 1.165) is 25.5 Å². The van der Waals surface area contributed by atoms with E-state index in [9.17, 15) is 18.3 Å². The molecule has 23 heavy (non-hydrogen) atoms. The zero-order chi connectivity index (χ0) is 16.7. The Labute approximate surface area is 133 Å². The van der Waals surface area contributed by atoms with Gasteiger partial charge in [0.25, 0.3) is 0 Å². The molecule has 0 saturated carbocycles. The third kappa shape index (κ3) is 2.92. The lowest BCUT2D eigenvalue weighted by Gasteiger charge is -2.54. The molecule has 128 valence electrons. The third-order valence-electron chi connectivity index (χ3n) is 5.40. The van der Waals surface area contributed by atoms with Crippen LogP contribution in [0.3, 0.4) is 0 Å². The lowest BCUT2D eigenvalue weighted by molar-refractivity contribution is -0.137. The molecule has 0 unspecified atom stereocenters. The number of hydrogen-bond donors (Lipinski definition) is 1. The highest BCUT2D eigenvalue weighted by atomic mass is 19.4. The molecule has 1 aromatic rings. The lowest BCUT2D eigenvalue weighted by atomic mass is 9.69. The molecule has 1 aromatic heterocycles. The summed E-state index contributed by atoms with van der Waals surface area (Å²) in [7, 11) is 1.99. The van der Waals surface area contributed by atoms with Crippen molar-refractivity contribution in [1.82, 2.24) is 9.88 Å². The number of halogens is 3. The van der Waals surface area contributed by atoms with Crippen LogP contribution in [-0.4, -0.2) is 54.3 Å². The van der Waals surface area contributed by atoms with E-state index in [-0.39, 0.29) is 23.9 Å². The Kier molecular flexibility index (Phi) is 4.27. The van der Waals surface area contributed by atoms with Crippen LogP contribution in [-0.2, 0) is 6.18 Å². The molecule has 2 saturated heterocycles. The average Bonchev–Trinajstić information content (AvgIpc) is 2.54. The number of aliphatic hydroxyl groups is 1. The molecule has 0 amide bonds. The van der Waals surface area contributed by atoms with Gasteiger partial charge >= 0.3 is 6.18 Å².